The van der Waals surface area contributed by atoms with Gasteiger partial charge in [0.15, 0.2) is 0 Å². The fraction of sp³-hybridized carbons (Fsp3) is 0.704. The Hall–Kier alpha value is -1.92. The van der Waals surface area contributed by atoms with Gasteiger partial charge in [0.05, 0.1) is 19.1 Å². The van der Waals surface area contributed by atoms with Crippen molar-refractivity contribution in [1.29, 1.82) is 0 Å². The highest BCUT2D eigenvalue weighted by atomic mass is 16.5. The van der Waals surface area contributed by atoms with Crippen molar-refractivity contribution < 1.29 is 14.3 Å². The number of hydrogen-bond acceptors (Lipinski definition) is 4. The maximum Gasteiger partial charge on any atom is 0.230 e. The van der Waals surface area contributed by atoms with Gasteiger partial charge in [0.1, 0.15) is 0 Å². The van der Waals surface area contributed by atoms with Gasteiger partial charge in [-0.05, 0) is 43.7 Å². The maximum absolute atomic E-state index is 13.6. The molecule has 0 aromatic heterocycles. The SMILES string of the molecule is O=C(NCC1(N2CCOCC2)CCCCC1)C1CCCCC1C(=O)N1CCc2ccccc21. The summed E-state index contributed by atoms with van der Waals surface area (Å²) in [7, 11) is 0. The van der Waals surface area contributed by atoms with Crippen LogP contribution in [0.2, 0.25) is 0 Å². The van der Waals surface area contributed by atoms with Crippen LogP contribution in [-0.4, -0.2) is 61.6 Å². The molecule has 180 valence electrons. The standard InChI is InChI=1S/C27H39N3O3/c31-25(28-20-27(13-6-1-7-14-27)29-16-18-33-19-17-29)22-9-3-4-10-23(22)26(32)30-15-12-21-8-2-5-11-24(21)30/h2,5,8,11,22-23H,1,3-4,6-7,9-10,12-20H2,(H,28,31). The highest BCUT2D eigenvalue weighted by Crippen LogP contribution is 2.37. The molecule has 5 rings (SSSR count). The fourth-order valence-electron chi connectivity index (χ4n) is 6.74. The van der Waals surface area contributed by atoms with Gasteiger partial charge >= 0.3 is 0 Å². The van der Waals surface area contributed by atoms with Crippen LogP contribution >= 0.6 is 0 Å². The Morgan fingerprint density at radius 3 is 2.45 bits per heavy atom. The molecule has 2 saturated carbocycles. The molecular weight excluding hydrogens is 414 g/mol. The Morgan fingerprint density at radius 1 is 0.939 bits per heavy atom. The highest BCUT2D eigenvalue weighted by Gasteiger charge is 2.42. The first kappa shape index (κ1) is 22.9. The topological polar surface area (TPSA) is 61.9 Å². The lowest BCUT2D eigenvalue weighted by Gasteiger charge is -2.48. The minimum absolute atomic E-state index is 0.0553. The molecule has 3 fully saturated rings. The van der Waals surface area contributed by atoms with E-state index in [1.54, 1.807) is 0 Å². The number of rotatable bonds is 5. The summed E-state index contributed by atoms with van der Waals surface area (Å²) < 4.78 is 5.60. The molecule has 2 amide bonds. The van der Waals surface area contributed by atoms with E-state index in [4.69, 9.17) is 4.74 Å². The quantitative estimate of drug-likeness (QED) is 0.741. The first-order valence-corrected chi connectivity index (χ1v) is 13.2. The van der Waals surface area contributed by atoms with Gasteiger partial charge in [-0.15, -0.1) is 0 Å². The van der Waals surface area contributed by atoms with Crippen molar-refractivity contribution in [2.24, 2.45) is 11.8 Å². The van der Waals surface area contributed by atoms with Crippen molar-refractivity contribution in [2.75, 3.05) is 44.3 Å². The van der Waals surface area contributed by atoms with Gasteiger partial charge in [0.2, 0.25) is 11.8 Å². The summed E-state index contributed by atoms with van der Waals surface area (Å²) in [5, 5.41) is 3.36. The van der Waals surface area contributed by atoms with Gasteiger partial charge in [0.25, 0.3) is 0 Å². The number of carbonyl (C=O) groups is 2. The molecule has 0 spiro atoms. The summed E-state index contributed by atoms with van der Waals surface area (Å²) in [5.41, 5.74) is 2.34. The van der Waals surface area contributed by atoms with Crippen molar-refractivity contribution in [3.05, 3.63) is 29.8 Å². The largest absolute Gasteiger partial charge is 0.379 e. The van der Waals surface area contributed by atoms with Crippen LogP contribution in [0.25, 0.3) is 0 Å². The number of amides is 2. The summed E-state index contributed by atoms with van der Waals surface area (Å²) in [6.45, 7) is 4.92. The normalized spacial score (nSPS) is 27.7. The summed E-state index contributed by atoms with van der Waals surface area (Å²) in [4.78, 5) is 31.7. The lowest BCUT2D eigenvalue weighted by molar-refractivity contribution is -0.135. The van der Waals surface area contributed by atoms with E-state index in [1.807, 2.05) is 23.1 Å². The molecule has 6 heteroatoms. The molecule has 0 bridgehead atoms. The number of morpholine rings is 1. The molecule has 1 aromatic carbocycles. The Kier molecular flexibility index (Phi) is 7.02. The number of carbonyl (C=O) groups excluding carboxylic acids is 2. The van der Waals surface area contributed by atoms with Crippen molar-refractivity contribution in [2.45, 2.75) is 69.7 Å². The molecule has 1 saturated heterocycles. The first-order chi connectivity index (χ1) is 16.2. The predicted octanol–water partition coefficient (Wildman–Crippen LogP) is 3.53. The smallest absolute Gasteiger partial charge is 0.230 e. The number of nitrogens with zero attached hydrogens (tertiary/aromatic N) is 2. The van der Waals surface area contributed by atoms with Crippen molar-refractivity contribution in [1.82, 2.24) is 10.2 Å². The number of anilines is 1. The Balaban J connectivity index is 1.27. The fourth-order valence-corrected chi connectivity index (χ4v) is 6.74. The molecule has 2 aliphatic carbocycles. The average Bonchev–Trinajstić information content (AvgIpc) is 3.32. The summed E-state index contributed by atoms with van der Waals surface area (Å²) in [6, 6.07) is 8.21. The van der Waals surface area contributed by atoms with E-state index < -0.39 is 0 Å². The number of hydrogen-bond donors (Lipinski definition) is 1. The Morgan fingerprint density at radius 2 is 1.67 bits per heavy atom. The molecule has 0 radical (unpaired) electrons. The summed E-state index contributed by atoms with van der Waals surface area (Å²) in [5.74, 6) is -0.154. The van der Waals surface area contributed by atoms with Crippen LogP contribution in [0.4, 0.5) is 5.69 Å². The number of para-hydroxylation sites is 1. The molecule has 4 aliphatic rings. The van der Waals surface area contributed by atoms with Crippen LogP contribution in [-0.2, 0) is 20.7 Å². The van der Waals surface area contributed by atoms with E-state index in [1.165, 1.54) is 24.8 Å². The number of ether oxygens (including phenoxy) is 1. The second-order valence-electron chi connectivity index (χ2n) is 10.5. The molecule has 1 aromatic rings. The number of nitrogens with one attached hydrogen (secondary N) is 1. The lowest BCUT2D eigenvalue weighted by Crippen LogP contribution is -2.60. The van der Waals surface area contributed by atoms with Crippen LogP contribution in [0.5, 0.6) is 0 Å². The summed E-state index contributed by atoms with van der Waals surface area (Å²) >= 11 is 0. The van der Waals surface area contributed by atoms with Crippen LogP contribution in [0.3, 0.4) is 0 Å². The van der Waals surface area contributed by atoms with E-state index in [0.717, 1.165) is 83.5 Å². The third-order valence-electron chi connectivity index (χ3n) is 8.63. The van der Waals surface area contributed by atoms with E-state index in [-0.39, 0.29) is 29.2 Å². The van der Waals surface area contributed by atoms with Gasteiger partial charge in [-0.25, -0.2) is 0 Å². The first-order valence-electron chi connectivity index (χ1n) is 13.2. The van der Waals surface area contributed by atoms with Crippen LogP contribution in [0.1, 0.15) is 63.4 Å². The van der Waals surface area contributed by atoms with Gasteiger partial charge in [0, 0.05) is 43.3 Å². The zero-order valence-corrected chi connectivity index (χ0v) is 19.9. The minimum Gasteiger partial charge on any atom is -0.379 e. The van der Waals surface area contributed by atoms with Crippen molar-refractivity contribution in [3.63, 3.8) is 0 Å². The second kappa shape index (κ2) is 10.1. The molecule has 2 aliphatic heterocycles. The van der Waals surface area contributed by atoms with Crippen molar-refractivity contribution >= 4 is 17.5 Å². The summed E-state index contributed by atoms with van der Waals surface area (Å²) in [6.07, 6.45) is 10.7. The van der Waals surface area contributed by atoms with Crippen molar-refractivity contribution in [3.8, 4) is 0 Å². The second-order valence-corrected chi connectivity index (χ2v) is 10.5. The van der Waals surface area contributed by atoms with E-state index in [2.05, 4.69) is 16.3 Å². The lowest BCUT2D eigenvalue weighted by atomic mass is 9.77. The zero-order valence-electron chi connectivity index (χ0n) is 19.9. The van der Waals surface area contributed by atoms with Gasteiger partial charge in [-0.3, -0.25) is 14.5 Å². The van der Waals surface area contributed by atoms with E-state index >= 15 is 0 Å². The third kappa shape index (κ3) is 4.69. The Labute approximate surface area is 198 Å². The number of fused-ring (bicyclic) bond motifs is 1. The molecule has 6 nitrogen and oxygen atoms in total. The van der Waals surface area contributed by atoms with E-state index in [9.17, 15) is 9.59 Å². The van der Waals surface area contributed by atoms with Crippen LogP contribution in [0, 0.1) is 11.8 Å². The minimum atomic E-state index is -0.204. The van der Waals surface area contributed by atoms with E-state index in [0.29, 0.717) is 6.54 Å². The molecule has 33 heavy (non-hydrogen) atoms. The maximum atomic E-state index is 13.6. The van der Waals surface area contributed by atoms with Gasteiger partial charge < -0.3 is 15.0 Å². The number of benzene rings is 1. The molecular formula is C27H39N3O3. The Bertz CT molecular complexity index is 845. The molecule has 1 N–H and O–H groups in total. The molecule has 2 unspecified atom stereocenters. The molecule has 2 heterocycles. The molecule has 2 atom stereocenters. The zero-order chi connectivity index (χ0) is 22.7. The third-order valence-corrected chi connectivity index (χ3v) is 8.63. The van der Waals surface area contributed by atoms with Gasteiger partial charge in [-0.1, -0.05) is 50.3 Å². The highest BCUT2D eigenvalue weighted by molar-refractivity contribution is 5.99. The monoisotopic (exact) mass is 453 g/mol. The van der Waals surface area contributed by atoms with Gasteiger partial charge in [-0.2, -0.15) is 0 Å². The predicted molar refractivity (Wildman–Crippen MR) is 129 cm³/mol. The van der Waals surface area contributed by atoms with Crippen LogP contribution < -0.4 is 10.2 Å². The van der Waals surface area contributed by atoms with Crippen LogP contribution in [0.15, 0.2) is 24.3 Å². The average molecular weight is 454 g/mol.